The van der Waals surface area contributed by atoms with Crippen LogP contribution < -0.4 is 4.74 Å². The van der Waals surface area contributed by atoms with E-state index in [1.807, 2.05) is 30.3 Å². The Morgan fingerprint density at radius 1 is 1.06 bits per heavy atom. The molecule has 0 bridgehead atoms. The van der Waals surface area contributed by atoms with Crippen molar-refractivity contribution < 1.29 is 17.9 Å². The zero-order valence-corrected chi connectivity index (χ0v) is 19.3. The molecule has 0 saturated carbocycles. The van der Waals surface area contributed by atoms with Crippen LogP contribution in [0.15, 0.2) is 53.4 Å². The van der Waals surface area contributed by atoms with Crippen molar-refractivity contribution in [3.63, 3.8) is 0 Å². The number of ether oxygens (including phenoxy) is 1. The molecule has 0 aromatic heterocycles. The van der Waals surface area contributed by atoms with Crippen molar-refractivity contribution in [2.24, 2.45) is 0 Å². The Balaban J connectivity index is 1.79. The normalized spacial score (nSPS) is 14.7. The highest BCUT2D eigenvalue weighted by atomic mass is 32.2. The third-order valence-electron chi connectivity index (χ3n) is 5.64. The minimum Gasteiger partial charge on any atom is -0.495 e. The number of hydrogen-bond donors (Lipinski definition) is 0. The van der Waals surface area contributed by atoms with Gasteiger partial charge >= 0.3 is 0 Å². The van der Waals surface area contributed by atoms with Crippen LogP contribution in [-0.4, -0.2) is 75.8 Å². The number of benzene rings is 2. The van der Waals surface area contributed by atoms with E-state index in [2.05, 4.69) is 4.90 Å². The summed E-state index contributed by atoms with van der Waals surface area (Å²) in [5.41, 5.74) is 1.21. The summed E-state index contributed by atoms with van der Waals surface area (Å²) in [6.07, 6.45) is 2.40. The summed E-state index contributed by atoms with van der Waals surface area (Å²) in [4.78, 5) is 16.9. The van der Waals surface area contributed by atoms with E-state index in [-0.39, 0.29) is 23.1 Å². The molecule has 2 aromatic rings. The largest absolute Gasteiger partial charge is 0.495 e. The van der Waals surface area contributed by atoms with Gasteiger partial charge in [0.15, 0.2) is 0 Å². The van der Waals surface area contributed by atoms with E-state index in [9.17, 15) is 13.2 Å². The van der Waals surface area contributed by atoms with Crippen LogP contribution in [-0.2, 0) is 16.6 Å². The van der Waals surface area contributed by atoms with Crippen molar-refractivity contribution in [2.75, 3.05) is 47.4 Å². The molecule has 31 heavy (non-hydrogen) atoms. The van der Waals surface area contributed by atoms with Gasteiger partial charge in [0.25, 0.3) is 5.91 Å². The third kappa shape index (κ3) is 5.64. The lowest BCUT2D eigenvalue weighted by Crippen LogP contribution is -2.35. The fraction of sp³-hybridized carbons (Fsp3) is 0.435. The smallest absolute Gasteiger partial charge is 0.253 e. The molecule has 1 amide bonds. The van der Waals surface area contributed by atoms with Crippen LogP contribution in [0.1, 0.15) is 28.8 Å². The van der Waals surface area contributed by atoms with Gasteiger partial charge in [-0.1, -0.05) is 30.3 Å². The fourth-order valence-corrected chi connectivity index (χ4v) is 5.06. The zero-order chi connectivity index (χ0) is 22.4. The van der Waals surface area contributed by atoms with Crippen LogP contribution in [0.5, 0.6) is 5.75 Å². The van der Waals surface area contributed by atoms with E-state index in [1.54, 1.807) is 24.1 Å². The van der Waals surface area contributed by atoms with E-state index in [0.29, 0.717) is 12.1 Å². The lowest BCUT2D eigenvalue weighted by molar-refractivity contribution is 0.0782. The highest BCUT2D eigenvalue weighted by Crippen LogP contribution is 2.28. The summed E-state index contributed by atoms with van der Waals surface area (Å²) >= 11 is 0. The lowest BCUT2D eigenvalue weighted by Gasteiger charge is -2.23. The van der Waals surface area contributed by atoms with Crippen LogP contribution in [0.2, 0.25) is 0 Å². The molecule has 1 aliphatic rings. The number of carbonyl (C=O) groups excluding carboxylic acids is 1. The van der Waals surface area contributed by atoms with Crippen molar-refractivity contribution in [3.05, 3.63) is 59.7 Å². The van der Waals surface area contributed by atoms with Crippen LogP contribution in [0, 0.1) is 0 Å². The monoisotopic (exact) mass is 445 g/mol. The van der Waals surface area contributed by atoms with Gasteiger partial charge in [-0.15, -0.1) is 0 Å². The van der Waals surface area contributed by atoms with Gasteiger partial charge in [-0.2, -0.15) is 4.31 Å². The Bertz CT molecular complexity index is 989. The highest BCUT2D eigenvalue weighted by molar-refractivity contribution is 7.89. The SMILES string of the molecule is COc1ccc(C(=O)N(C)CCN2CCCC2)cc1S(=O)(=O)N(C)Cc1ccccc1. The number of carbonyl (C=O) groups is 1. The second kappa shape index (κ2) is 10.3. The van der Waals surface area contributed by atoms with Crippen molar-refractivity contribution in [3.8, 4) is 5.75 Å². The maximum atomic E-state index is 13.3. The van der Waals surface area contributed by atoms with Gasteiger partial charge < -0.3 is 14.5 Å². The molecule has 0 atom stereocenters. The summed E-state index contributed by atoms with van der Waals surface area (Å²) in [5.74, 6) is 0.0141. The molecule has 1 aliphatic heterocycles. The number of methoxy groups -OCH3 is 1. The van der Waals surface area contributed by atoms with Crippen LogP contribution in [0.4, 0.5) is 0 Å². The van der Waals surface area contributed by atoms with Gasteiger partial charge in [-0.3, -0.25) is 4.79 Å². The first-order valence-electron chi connectivity index (χ1n) is 10.5. The summed E-state index contributed by atoms with van der Waals surface area (Å²) in [6, 6.07) is 14.0. The molecular formula is C23H31N3O4S. The van der Waals surface area contributed by atoms with Crippen molar-refractivity contribution in [1.82, 2.24) is 14.1 Å². The number of rotatable bonds is 9. The molecule has 0 unspecified atom stereocenters. The average Bonchev–Trinajstić information content (AvgIpc) is 3.30. The highest BCUT2D eigenvalue weighted by Gasteiger charge is 2.27. The Morgan fingerprint density at radius 3 is 2.39 bits per heavy atom. The molecule has 1 fully saturated rings. The Morgan fingerprint density at radius 2 is 1.74 bits per heavy atom. The fourth-order valence-electron chi connectivity index (χ4n) is 3.72. The average molecular weight is 446 g/mol. The van der Waals surface area contributed by atoms with Crippen molar-refractivity contribution in [2.45, 2.75) is 24.3 Å². The Hall–Kier alpha value is -2.42. The molecule has 0 spiro atoms. The molecule has 0 radical (unpaired) electrons. The summed E-state index contributed by atoms with van der Waals surface area (Å²) < 4.78 is 33.1. The van der Waals surface area contributed by atoms with E-state index < -0.39 is 10.0 Å². The van der Waals surface area contributed by atoms with Gasteiger partial charge in [0.05, 0.1) is 7.11 Å². The lowest BCUT2D eigenvalue weighted by atomic mass is 10.2. The number of nitrogens with zero attached hydrogens (tertiary/aromatic N) is 3. The third-order valence-corrected chi connectivity index (χ3v) is 7.47. The van der Waals surface area contributed by atoms with E-state index in [0.717, 1.165) is 25.2 Å². The van der Waals surface area contributed by atoms with Gasteiger partial charge in [-0.25, -0.2) is 8.42 Å². The first kappa shape index (κ1) is 23.2. The first-order valence-corrected chi connectivity index (χ1v) is 11.9. The summed E-state index contributed by atoms with van der Waals surface area (Å²) in [6.45, 7) is 3.78. The molecule has 8 heteroatoms. The van der Waals surface area contributed by atoms with E-state index >= 15 is 0 Å². The molecule has 0 aliphatic carbocycles. The standard InChI is InChI=1S/C23H31N3O4S/c1-24(15-16-26-13-7-8-14-26)23(27)20-11-12-21(30-3)22(17-20)31(28,29)25(2)18-19-9-5-4-6-10-19/h4-6,9-12,17H,7-8,13-16,18H2,1-3H3. The second-order valence-electron chi connectivity index (χ2n) is 7.89. The van der Waals surface area contributed by atoms with Crippen LogP contribution in [0.3, 0.4) is 0 Å². The van der Waals surface area contributed by atoms with Crippen molar-refractivity contribution >= 4 is 15.9 Å². The Kier molecular flexibility index (Phi) is 7.69. The number of hydrogen-bond acceptors (Lipinski definition) is 5. The summed E-state index contributed by atoms with van der Waals surface area (Å²) in [5, 5.41) is 0. The van der Waals surface area contributed by atoms with Gasteiger partial charge in [0.1, 0.15) is 10.6 Å². The minimum absolute atomic E-state index is 0.00720. The number of likely N-dealkylation sites (tertiary alicyclic amines) is 1. The predicted molar refractivity (Wildman–Crippen MR) is 121 cm³/mol. The number of amides is 1. The first-order chi connectivity index (χ1) is 14.8. The molecule has 3 rings (SSSR count). The zero-order valence-electron chi connectivity index (χ0n) is 18.5. The molecule has 1 saturated heterocycles. The molecule has 168 valence electrons. The second-order valence-corrected chi connectivity index (χ2v) is 9.90. The van der Waals surface area contributed by atoms with Gasteiger partial charge in [-0.05, 0) is 49.7 Å². The maximum absolute atomic E-state index is 13.3. The van der Waals surface area contributed by atoms with Crippen LogP contribution in [0.25, 0.3) is 0 Å². The topological polar surface area (TPSA) is 70.2 Å². The summed E-state index contributed by atoms with van der Waals surface area (Å²) in [7, 11) is 0.843. The predicted octanol–water partition coefficient (Wildman–Crippen LogP) is 2.68. The van der Waals surface area contributed by atoms with Crippen molar-refractivity contribution in [1.29, 1.82) is 0 Å². The minimum atomic E-state index is -3.86. The number of likely N-dealkylation sites (N-methyl/N-ethyl adjacent to an activating group) is 1. The molecular weight excluding hydrogens is 414 g/mol. The molecule has 0 N–H and O–H groups in total. The van der Waals surface area contributed by atoms with Gasteiger partial charge in [0, 0.05) is 39.3 Å². The quantitative estimate of drug-likeness (QED) is 0.594. The molecule has 2 aromatic carbocycles. The maximum Gasteiger partial charge on any atom is 0.253 e. The Labute approximate surface area is 185 Å². The number of sulfonamides is 1. The van der Waals surface area contributed by atoms with Gasteiger partial charge in [0.2, 0.25) is 10.0 Å². The van der Waals surface area contributed by atoms with Crippen LogP contribution >= 0.6 is 0 Å². The van der Waals surface area contributed by atoms with E-state index in [1.165, 1.54) is 37.4 Å². The molecule has 7 nitrogen and oxygen atoms in total. The molecule has 1 heterocycles. The van der Waals surface area contributed by atoms with E-state index in [4.69, 9.17) is 4.74 Å².